The molecule has 1 aromatic rings. The van der Waals surface area contributed by atoms with Gasteiger partial charge in [-0.3, -0.25) is 0 Å². The van der Waals surface area contributed by atoms with Gasteiger partial charge in [0.25, 0.3) is 0 Å². The Hall–Kier alpha value is -0.780. The van der Waals surface area contributed by atoms with E-state index in [-0.39, 0.29) is 0 Å². The molecule has 0 bridgehead atoms. The molecule has 1 aromatic carbocycles. The highest BCUT2D eigenvalue weighted by atomic mass is 14.1. The van der Waals surface area contributed by atoms with Crippen LogP contribution in [0.1, 0.15) is 159 Å². The molecule has 0 fully saturated rings. The maximum atomic E-state index is 2.43. The van der Waals surface area contributed by atoms with E-state index in [1.165, 1.54) is 141 Å². The number of hydrogen-bond donors (Lipinski definition) is 0. The molecule has 0 heterocycles. The Morgan fingerprint density at radius 2 is 0.742 bits per heavy atom. The lowest BCUT2D eigenvalue weighted by Gasteiger charge is -2.15. The predicted molar refractivity (Wildman–Crippen MR) is 142 cm³/mol. The third kappa shape index (κ3) is 14.8. The summed E-state index contributed by atoms with van der Waals surface area (Å²) in [6, 6.07) is 7.19. The molecule has 0 saturated carbocycles. The van der Waals surface area contributed by atoms with Crippen molar-refractivity contribution < 1.29 is 0 Å². The summed E-state index contributed by atoms with van der Waals surface area (Å²) in [7, 11) is 0. The quantitative estimate of drug-likeness (QED) is 0.161. The highest BCUT2D eigenvalue weighted by Crippen LogP contribution is 2.22. The van der Waals surface area contributed by atoms with Gasteiger partial charge in [0.2, 0.25) is 0 Å². The highest BCUT2D eigenvalue weighted by Gasteiger charge is 2.08. The second-order valence-corrected chi connectivity index (χ2v) is 9.96. The first-order valence-electron chi connectivity index (χ1n) is 14.4. The molecule has 0 aliphatic carbocycles. The summed E-state index contributed by atoms with van der Waals surface area (Å²) in [5.41, 5.74) is 5.04. The summed E-state index contributed by atoms with van der Waals surface area (Å²) in [4.78, 5) is 0. The number of hydrogen-bond acceptors (Lipinski definition) is 0. The molecule has 0 amide bonds. The molecule has 0 aliphatic heterocycles. The van der Waals surface area contributed by atoms with Gasteiger partial charge in [-0.1, -0.05) is 148 Å². The van der Waals surface area contributed by atoms with Crippen LogP contribution in [0.4, 0.5) is 0 Å². The topological polar surface area (TPSA) is 0 Å². The van der Waals surface area contributed by atoms with Crippen molar-refractivity contribution in [2.75, 3.05) is 0 Å². The summed E-state index contributed by atoms with van der Waals surface area (Å²) >= 11 is 0. The number of rotatable bonds is 22. The van der Waals surface area contributed by atoms with Gasteiger partial charge in [-0.2, -0.15) is 0 Å². The van der Waals surface area contributed by atoms with Crippen LogP contribution in [0.15, 0.2) is 18.2 Å². The van der Waals surface area contributed by atoms with Crippen LogP contribution in [0.5, 0.6) is 0 Å². The van der Waals surface area contributed by atoms with Gasteiger partial charge < -0.3 is 0 Å². The average Bonchev–Trinajstić information content (AvgIpc) is 2.78. The van der Waals surface area contributed by atoms with E-state index in [0.29, 0.717) is 0 Å². The summed E-state index contributed by atoms with van der Waals surface area (Å²) in [5.74, 6) is 0. The van der Waals surface area contributed by atoms with Crippen molar-refractivity contribution in [2.45, 2.75) is 162 Å². The minimum atomic E-state index is 1.28. The number of unbranched alkanes of at least 4 members (excludes halogenated alkanes) is 16. The maximum Gasteiger partial charge on any atom is -0.0276 e. The minimum Gasteiger partial charge on any atom is -0.0654 e. The van der Waals surface area contributed by atoms with Crippen LogP contribution in [-0.4, -0.2) is 0 Å². The van der Waals surface area contributed by atoms with Crippen LogP contribution < -0.4 is 0 Å². The number of benzene rings is 1. The lowest BCUT2D eigenvalue weighted by atomic mass is 9.91. The van der Waals surface area contributed by atoms with E-state index in [4.69, 9.17) is 0 Å². The second-order valence-electron chi connectivity index (χ2n) is 9.96. The molecule has 0 radical (unpaired) electrons. The highest BCUT2D eigenvalue weighted by molar-refractivity contribution is 5.36. The van der Waals surface area contributed by atoms with Gasteiger partial charge in [0.05, 0.1) is 0 Å². The van der Waals surface area contributed by atoms with Gasteiger partial charge in [0.15, 0.2) is 0 Å². The zero-order valence-corrected chi connectivity index (χ0v) is 21.8. The molecule has 0 atom stereocenters. The van der Waals surface area contributed by atoms with Crippen molar-refractivity contribution in [3.05, 3.63) is 34.9 Å². The first kappa shape index (κ1) is 28.3. The van der Waals surface area contributed by atoms with Crippen LogP contribution in [0, 0.1) is 0 Å². The van der Waals surface area contributed by atoms with Crippen LogP contribution in [0.2, 0.25) is 0 Å². The van der Waals surface area contributed by atoms with E-state index in [2.05, 4.69) is 39.0 Å². The van der Waals surface area contributed by atoms with E-state index in [1.807, 2.05) is 0 Å². The van der Waals surface area contributed by atoms with E-state index in [1.54, 1.807) is 16.7 Å². The first-order valence-corrected chi connectivity index (χ1v) is 14.4. The zero-order valence-electron chi connectivity index (χ0n) is 21.8. The molecule has 31 heavy (non-hydrogen) atoms. The molecule has 0 nitrogen and oxygen atoms in total. The first-order chi connectivity index (χ1) is 15.3. The lowest BCUT2D eigenvalue weighted by molar-refractivity contribution is 0.562. The molecule has 0 aliphatic rings. The fourth-order valence-corrected chi connectivity index (χ4v) is 4.98. The standard InChI is InChI=1S/C31H56/c1-4-7-9-11-13-15-17-19-21-25-29-27-23-28-30(31(29)24-6-3)26-22-20-18-16-14-12-10-8-5-2/h23,27-28H,4-22,24-26H2,1-3H3. The van der Waals surface area contributed by atoms with Gasteiger partial charge in [-0.15, -0.1) is 0 Å². The second kappa shape index (κ2) is 21.1. The zero-order chi connectivity index (χ0) is 22.4. The third-order valence-corrected chi connectivity index (χ3v) is 6.97. The van der Waals surface area contributed by atoms with Crippen molar-refractivity contribution in [1.82, 2.24) is 0 Å². The van der Waals surface area contributed by atoms with Gasteiger partial charge in [-0.25, -0.2) is 0 Å². The molecular weight excluding hydrogens is 372 g/mol. The third-order valence-electron chi connectivity index (χ3n) is 6.97. The molecule has 0 N–H and O–H groups in total. The summed E-state index contributed by atoms with van der Waals surface area (Å²) in [5, 5.41) is 0. The molecule has 0 saturated heterocycles. The molecule has 0 spiro atoms. The van der Waals surface area contributed by atoms with Gasteiger partial charge in [0, 0.05) is 0 Å². The SMILES string of the molecule is CCCCCCCCCCCc1cccc(CCCCCCCCCCC)c1CCC. The van der Waals surface area contributed by atoms with Crippen LogP contribution in [-0.2, 0) is 19.3 Å². The smallest absolute Gasteiger partial charge is 0.0276 e. The lowest BCUT2D eigenvalue weighted by Crippen LogP contribution is -2.01. The Morgan fingerprint density at radius 3 is 1.10 bits per heavy atom. The van der Waals surface area contributed by atoms with Crippen LogP contribution in [0.25, 0.3) is 0 Å². The van der Waals surface area contributed by atoms with Crippen molar-refractivity contribution in [2.24, 2.45) is 0 Å². The number of aryl methyl sites for hydroxylation is 2. The monoisotopic (exact) mass is 428 g/mol. The Bertz CT molecular complexity index is 461. The predicted octanol–water partition coefficient (Wildman–Crippen LogP) is 10.8. The van der Waals surface area contributed by atoms with Crippen molar-refractivity contribution in [3.8, 4) is 0 Å². The fraction of sp³-hybridized carbons (Fsp3) is 0.806. The van der Waals surface area contributed by atoms with E-state index >= 15 is 0 Å². The Balaban J connectivity index is 2.27. The average molecular weight is 429 g/mol. The van der Waals surface area contributed by atoms with Crippen molar-refractivity contribution >= 4 is 0 Å². The summed E-state index contributed by atoms with van der Waals surface area (Å²) in [6.07, 6.45) is 30.8. The van der Waals surface area contributed by atoms with Crippen LogP contribution in [0.3, 0.4) is 0 Å². The maximum absolute atomic E-state index is 2.43. The van der Waals surface area contributed by atoms with E-state index < -0.39 is 0 Å². The molecule has 0 unspecified atom stereocenters. The Morgan fingerprint density at radius 1 is 0.387 bits per heavy atom. The van der Waals surface area contributed by atoms with Gasteiger partial charge >= 0.3 is 0 Å². The minimum absolute atomic E-state index is 1.28. The molecule has 1 rings (SSSR count). The fourth-order valence-electron chi connectivity index (χ4n) is 4.98. The molecular formula is C31H56. The summed E-state index contributed by atoms with van der Waals surface area (Å²) in [6.45, 7) is 6.95. The van der Waals surface area contributed by atoms with Crippen molar-refractivity contribution in [1.29, 1.82) is 0 Å². The molecule has 0 aromatic heterocycles. The molecule has 180 valence electrons. The molecule has 0 heteroatoms. The van der Waals surface area contributed by atoms with Crippen molar-refractivity contribution in [3.63, 3.8) is 0 Å². The van der Waals surface area contributed by atoms with Gasteiger partial charge in [0.1, 0.15) is 0 Å². The Kier molecular flexibility index (Phi) is 19.2. The van der Waals surface area contributed by atoms with Gasteiger partial charge in [-0.05, 0) is 48.8 Å². The van der Waals surface area contributed by atoms with E-state index in [9.17, 15) is 0 Å². The van der Waals surface area contributed by atoms with Crippen LogP contribution >= 0.6 is 0 Å². The largest absolute Gasteiger partial charge is 0.0654 e. The Labute approximate surface area is 197 Å². The summed E-state index contributed by atoms with van der Waals surface area (Å²) < 4.78 is 0. The normalized spacial score (nSPS) is 11.3. The van der Waals surface area contributed by atoms with E-state index in [0.717, 1.165) is 0 Å².